The van der Waals surface area contributed by atoms with Crippen molar-refractivity contribution >= 4 is 17.6 Å². The number of fused-ring (bicyclic) bond motifs is 1. The molecule has 23 heavy (non-hydrogen) atoms. The van der Waals surface area contributed by atoms with Gasteiger partial charge in [0.1, 0.15) is 11.4 Å². The van der Waals surface area contributed by atoms with Crippen molar-refractivity contribution in [1.29, 1.82) is 0 Å². The third-order valence-corrected chi connectivity index (χ3v) is 4.43. The second-order valence-corrected chi connectivity index (χ2v) is 5.92. The Kier molecular flexibility index (Phi) is 4.08. The van der Waals surface area contributed by atoms with Crippen molar-refractivity contribution in [2.24, 2.45) is 0 Å². The van der Waals surface area contributed by atoms with Crippen LogP contribution in [0.3, 0.4) is 0 Å². The van der Waals surface area contributed by atoms with E-state index in [2.05, 4.69) is 5.10 Å². The lowest BCUT2D eigenvalue weighted by atomic mass is 9.99. The SMILES string of the molecule is CON(C)c1nn(-c2cc(C)c(Cl)c3c2OC(C)CC3)c(=O)o1. The van der Waals surface area contributed by atoms with E-state index in [0.717, 1.165) is 24.0 Å². The molecule has 1 aromatic carbocycles. The van der Waals surface area contributed by atoms with Gasteiger partial charge in [0.25, 0.3) is 0 Å². The van der Waals surface area contributed by atoms with Gasteiger partial charge in [-0.15, -0.1) is 5.10 Å². The highest BCUT2D eigenvalue weighted by Crippen LogP contribution is 2.39. The molecular weight excluding hydrogens is 322 g/mol. The standard InChI is InChI=1S/C15H18ClN3O4/c1-8-7-11(13-10(12(8)16)6-5-9(2)22-13)19-15(20)23-14(17-19)18(3)21-4/h7,9H,5-6H2,1-4H3. The van der Waals surface area contributed by atoms with Gasteiger partial charge in [-0.3, -0.25) is 4.84 Å². The van der Waals surface area contributed by atoms with Crippen LogP contribution in [0.1, 0.15) is 24.5 Å². The third-order valence-electron chi connectivity index (χ3n) is 3.90. The van der Waals surface area contributed by atoms with Crippen LogP contribution in [-0.2, 0) is 11.3 Å². The molecule has 124 valence electrons. The summed E-state index contributed by atoms with van der Waals surface area (Å²) >= 11 is 6.40. The zero-order valence-electron chi connectivity index (χ0n) is 13.4. The Morgan fingerprint density at radius 2 is 2.26 bits per heavy atom. The number of anilines is 1. The van der Waals surface area contributed by atoms with E-state index in [1.807, 2.05) is 13.8 Å². The lowest BCUT2D eigenvalue weighted by Crippen LogP contribution is -2.23. The molecule has 1 unspecified atom stereocenters. The number of rotatable bonds is 3. The second-order valence-electron chi connectivity index (χ2n) is 5.54. The van der Waals surface area contributed by atoms with Gasteiger partial charge in [0, 0.05) is 12.6 Å². The molecule has 0 aliphatic carbocycles. The summed E-state index contributed by atoms with van der Waals surface area (Å²) in [4.78, 5) is 17.2. The summed E-state index contributed by atoms with van der Waals surface area (Å²) in [6.07, 6.45) is 1.71. The Hall–Kier alpha value is -1.99. The van der Waals surface area contributed by atoms with Crippen LogP contribution in [0.15, 0.2) is 15.3 Å². The van der Waals surface area contributed by atoms with Crippen LogP contribution < -0.4 is 15.6 Å². The van der Waals surface area contributed by atoms with Gasteiger partial charge >= 0.3 is 11.8 Å². The fourth-order valence-corrected chi connectivity index (χ4v) is 2.81. The molecule has 0 amide bonds. The van der Waals surface area contributed by atoms with Gasteiger partial charge in [-0.05, 0) is 38.3 Å². The smallest absolute Gasteiger partial charge is 0.443 e. The van der Waals surface area contributed by atoms with Gasteiger partial charge in [0.15, 0.2) is 0 Å². The van der Waals surface area contributed by atoms with Crippen LogP contribution in [0.5, 0.6) is 5.75 Å². The van der Waals surface area contributed by atoms with Crippen LogP contribution >= 0.6 is 11.6 Å². The van der Waals surface area contributed by atoms with Gasteiger partial charge in [-0.1, -0.05) is 11.6 Å². The van der Waals surface area contributed by atoms with Gasteiger partial charge in [0.2, 0.25) is 0 Å². The van der Waals surface area contributed by atoms with Gasteiger partial charge in [0.05, 0.1) is 18.2 Å². The van der Waals surface area contributed by atoms with E-state index in [9.17, 15) is 4.79 Å². The summed E-state index contributed by atoms with van der Waals surface area (Å²) in [5, 5.41) is 6.10. The van der Waals surface area contributed by atoms with Crippen molar-refractivity contribution in [3.63, 3.8) is 0 Å². The predicted octanol–water partition coefficient (Wildman–Crippen LogP) is 2.50. The maximum absolute atomic E-state index is 12.2. The van der Waals surface area contributed by atoms with Gasteiger partial charge in [-0.2, -0.15) is 4.68 Å². The minimum atomic E-state index is -0.616. The van der Waals surface area contributed by atoms with E-state index >= 15 is 0 Å². The maximum Gasteiger partial charge on any atom is 0.443 e. The molecule has 2 aromatic rings. The van der Waals surface area contributed by atoms with Crippen molar-refractivity contribution in [2.75, 3.05) is 19.2 Å². The average Bonchev–Trinajstić information content (AvgIpc) is 2.91. The summed E-state index contributed by atoms with van der Waals surface area (Å²) in [6.45, 7) is 3.87. The molecule has 0 saturated carbocycles. The van der Waals surface area contributed by atoms with Crippen LogP contribution in [0.2, 0.25) is 5.02 Å². The number of aryl methyl sites for hydroxylation is 1. The molecule has 0 radical (unpaired) electrons. The fraction of sp³-hybridized carbons (Fsp3) is 0.467. The van der Waals surface area contributed by atoms with Crippen LogP contribution in [0.25, 0.3) is 5.69 Å². The number of hydrogen-bond donors (Lipinski definition) is 0. The van der Waals surface area contributed by atoms with Crippen LogP contribution in [-0.4, -0.2) is 30.0 Å². The van der Waals surface area contributed by atoms with E-state index in [4.69, 9.17) is 25.6 Å². The summed E-state index contributed by atoms with van der Waals surface area (Å²) < 4.78 is 12.2. The summed E-state index contributed by atoms with van der Waals surface area (Å²) in [5.41, 5.74) is 2.28. The molecule has 7 nitrogen and oxygen atoms in total. The van der Waals surface area contributed by atoms with Crippen molar-refractivity contribution in [3.05, 3.63) is 32.8 Å². The molecule has 1 aliphatic heterocycles. The minimum absolute atomic E-state index is 0.0451. The maximum atomic E-state index is 12.2. The Morgan fingerprint density at radius 3 is 2.96 bits per heavy atom. The Bertz CT molecular complexity index is 799. The molecular formula is C15H18ClN3O4. The van der Waals surface area contributed by atoms with E-state index in [-0.39, 0.29) is 12.1 Å². The number of nitrogens with zero attached hydrogens (tertiary/aromatic N) is 3. The van der Waals surface area contributed by atoms with Gasteiger partial charge in [-0.25, -0.2) is 9.86 Å². The second kappa shape index (κ2) is 5.90. The first-order valence-electron chi connectivity index (χ1n) is 7.29. The highest BCUT2D eigenvalue weighted by molar-refractivity contribution is 6.32. The normalized spacial score (nSPS) is 16.8. The third kappa shape index (κ3) is 2.70. The minimum Gasteiger partial charge on any atom is -0.488 e. The summed E-state index contributed by atoms with van der Waals surface area (Å²) in [7, 11) is 3.05. The first-order valence-corrected chi connectivity index (χ1v) is 7.67. The Labute approximate surface area is 138 Å². The number of aromatic nitrogens is 2. The van der Waals surface area contributed by atoms with Crippen molar-refractivity contribution in [2.45, 2.75) is 32.8 Å². The predicted molar refractivity (Wildman–Crippen MR) is 85.7 cm³/mol. The molecule has 1 atom stereocenters. The van der Waals surface area contributed by atoms with Gasteiger partial charge < -0.3 is 9.15 Å². The Balaban J connectivity index is 2.19. The molecule has 0 saturated heterocycles. The lowest BCUT2D eigenvalue weighted by molar-refractivity contribution is 0.167. The topological polar surface area (TPSA) is 69.7 Å². The lowest BCUT2D eigenvalue weighted by Gasteiger charge is -2.26. The molecule has 3 rings (SSSR count). The van der Waals surface area contributed by atoms with E-state index in [1.165, 1.54) is 16.9 Å². The molecule has 2 heterocycles. The van der Waals surface area contributed by atoms with Crippen molar-refractivity contribution in [3.8, 4) is 11.4 Å². The summed E-state index contributed by atoms with van der Waals surface area (Å²) in [6, 6.07) is 1.84. The molecule has 0 bridgehead atoms. The van der Waals surface area contributed by atoms with Crippen molar-refractivity contribution < 1.29 is 14.0 Å². The molecule has 0 spiro atoms. The van der Waals surface area contributed by atoms with Crippen LogP contribution in [0.4, 0.5) is 6.01 Å². The number of hydrogen-bond acceptors (Lipinski definition) is 6. The number of ether oxygens (including phenoxy) is 1. The average molecular weight is 340 g/mol. The number of halogens is 1. The molecule has 1 aromatic heterocycles. The largest absolute Gasteiger partial charge is 0.488 e. The summed E-state index contributed by atoms with van der Waals surface area (Å²) in [5.74, 6) is -0.0315. The van der Waals surface area contributed by atoms with Crippen molar-refractivity contribution in [1.82, 2.24) is 9.78 Å². The zero-order valence-corrected chi connectivity index (χ0v) is 14.2. The molecule has 0 N–H and O–H groups in total. The van der Waals surface area contributed by atoms with Crippen LogP contribution in [0, 0.1) is 6.92 Å². The highest BCUT2D eigenvalue weighted by atomic mass is 35.5. The van der Waals surface area contributed by atoms with E-state index in [1.54, 1.807) is 13.1 Å². The molecule has 1 aliphatic rings. The first kappa shape index (κ1) is 15.9. The monoisotopic (exact) mass is 339 g/mol. The van der Waals surface area contributed by atoms with E-state index < -0.39 is 5.76 Å². The Morgan fingerprint density at radius 1 is 1.52 bits per heavy atom. The van der Waals surface area contributed by atoms with E-state index in [0.29, 0.717) is 16.5 Å². The molecule has 0 fully saturated rings. The number of hydroxylamine groups is 1. The zero-order chi connectivity index (χ0) is 16.7. The first-order chi connectivity index (χ1) is 10.9. The highest BCUT2D eigenvalue weighted by Gasteiger charge is 2.26. The molecule has 8 heteroatoms. The fourth-order valence-electron chi connectivity index (χ4n) is 2.57. The number of benzene rings is 1. The quantitative estimate of drug-likeness (QED) is 0.800.